The molecule has 0 aliphatic carbocycles. The van der Waals surface area contributed by atoms with Crippen molar-refractivity contribution in [2.75, 3.05) is 6.54 Å². The molecular weight excluding hydrogens is 298 g/mol. The number of thiazole rings is 2. The molecule has 1 N–H and O–H groups in total. The lowest BCUT2D eigenvalue weighted by molar-refractivity contribution is 0.575. The van der Waals surface area contributed by atoms with Crippen LogP contribution in [0.25, 0.3) is 10.7 Å². The van der Waals surface area contributed by atoms with E-state index in [9.17, 15) is 0 Å². The summed E-state index contributed by atoms with van der Waals surface area (Å²) in [5, 5.41) is 7.88. The van der Waals surface area contributed by atoms with Crippen LogP contribution in [-0.4, -0.2) is 16.5 Å². The summed E-state index contributed by atoms with van der Waals surface area (Å²) < 4.78 is 0. The number of aryl methyl sites for hydroxylation is 1. The van der Waals surface area contributed by atoms with E-state index in [1.54, 1.807) is 22.7 Å². The van der Waals surface area contributed by atoms with Gasteiger partial charge in [0, 0.05) is 21.7 Å². The van der Waals surface area contributed by atoms with Crippen molar-refractivity contribution in [1.29, 1.82) is 0 Å². The minimum atomic E-state index is 0.105. The quantitative estimate of drug-likeness (QED) is 0.847. The van der Waals surface area contributed by atoms with Gasteiger partial charge < -0.3 is 5.32 Å². The summed E-state index contributed by atoms with van der Waals surface area (Å²) in [6, 6.07) is 0.358. The first-order valence-corrected chi connectivity index (χ1v) is 9.19. The van der Waals surface area contributed by atoms with Crippen LogP contribution in [-0.2, 0) is 5.41 Å². The predicted molar refractivity (Wildman–Crippen MR) is 93.4 cm³/mol. The molecule has 0 aliphatic heterocycles. The average Bonchev–Trinajstić information content (AvgIpc) is 3.01. The van der Waals surface area contributed by atoms with E-state index in [0.29, 0.717) is 6.04 Å². The Bertz CT molecular complexity index is 593. The van der Waals surface area contributed by atoms with Gasteiger partial charge in [0.05, 0.1) is 10.7 Å². The van der Waals surface area contributed by atoms with Gasteiger partial charge in [0.1, 0.15) is 10.7 Å². The first-order valence-electron chi connectivity index (χ1n) is 7.50. The first-order chi connectivity index (χ1) is 9.82. The van der Waals surface area contributed by atoms with Gasteiger partial charge in [0.15, 0.2) is 0 Å². The van der Waals surface area contributed by atoms with E-state index in [1.165, 1.54) is 9.88 Å². The van der Waals surface area contributed by atoms with Gasteiger partial charge in [0.2, 0.25) is 0 Å². The fourth-order valence-electron chi connectivity index (χ4n) is 2.09. The van der Waals surface area contributed by atoms with Gasteiger partial charge in [-0.2, -0.15) is 0 Å². The molecule has 2 rings (SSSR count). The van der Waals surface area contributed by atoms with Crippen LogP contribution in [0, 0.1) is 6.92 Å². The summed E-state index contributed by atoms with van der Waals surface area (Å²) in [5.74, 6) is 0. The summed E-state index contributed by atoms with van der Waals surface area (Å²) in [6.07, 6.45) is 1.15. The molecule has 0 spiro atoms. The van der Waals surface area contributed by atoms with Crippen LogP contribution in [0.3, 0.4) is 0 Å². The molecule has 3 nitrogen and oxygen atoms in total. The third-order valence-electron chi connectivity index (χ3n) is 3.29. The molecule has 0 saturated heterocycles. The Kier molecular flexibility index (Phi) is 5.17. The van der Waals surface area contributed by atoms with Crippen LogP contribution in [0.15, 0.2) is 5.38 Å². The van der Waals surface area contributed by atoms with Crippen molar-refractivity contribution in [2.24, 2.45) is 0 Å². The molecule has 0 saturated carbocycles. The van der Waals surface area contributed by atoms with Crippen molar-refractivity contribution in [1.82, 2.24) is 15.3 Å². The maximum atomic E-state index is 4.77. The van der Waals surface area contributed by atoms with E-state index in [1.807, 2.05) is 0 Å². The van der Waals surface area contributed by atoms with Crippen molar-refractivity contribution in [3.05, 3.63) is 21.0 Å². The SMILES string of the molecule is CCCNC(C)c1sc(-c2csc(C(C)(C)C)n2)nc1C. The van der Waals surface area contributed by atoms with Crippen molar-refractivity contribution in [3.8, 4) is 10.7 Å². The average molecular weight is 324 g/mol. The second-order valence-corrected chi connectivity index (χ2v) is 8.32. The molecule has 0 aliphatic rings. The molecule has 21 heavy (non-hydrogen) atoms. The molecule has 0 fully saturated rings. The molecular formula is C16H25N3S2. The highest BCUT2D eigenvalue weighted by Crippen LogP contribution is 2.34. The van der Waals surface area contributed by atoms with Crippen LogP contribution in [0.1, 0.15) is 62.7 Å². The molecule has 5 heteroatoms. The lowest BCUT2D eigenvalue weighted by Gasteiger charge is -2.13. The van der Waals surface area contributed by atoms with Crippen LogP contribution < -0.4 is 5.32 Å². The van der Waals surface area contributed by atoms with Crippen LogP contribution >= 0.6 is 22.7 Å². The molecule has 2 heterocycles. The van der Waals surface area contributed by atoms with Gasteiger partial charge in [-0.15, -0.1) is 22.7 Å². The van der Waals surface area contributed by atoms with Crippen molar-refractivity contribution in [3.63, 3.8) is 0 Å². The third-order valence-corrected chi connectivity index (χ3v) is 5.92. The highest BCUT2D eigenvalue weighted by atomic mass is 32.1. The number of rotatable bonds is 5. The van der Waals surface area contributed by atoms with Gasteiger partial charge in [0.25, 0.3) is 0 Å². The maximum Gasteiger partial charge on any atom is 0.143 e. The molecule has 0 bridgehead atoms. The second kappa shape index (κ2) is 6.55. The zero-order valence-electron chi connectivity index (χ0n) is 13.8. The van der Waals surface area contributed by atoms with Crippen molar-refractivity contribution >= 4 is 22.7 Å². The standard InChI is InChI=1S/C16H25N3S2/c1-7-8-17-10(2)13-11(3)18-14(21-13)12-9-20-15(19-12)16(4,5)6/h9-10,17H,7-8H2,1-6H3. The number of hydrogen-bond acceptors (Lipinski definition) is 5. The highest BCUT2D eigenvalue weighted by molar-refractivity contribution is 7.16. The maximum absolute atomic E-state index is 4.77. The fourth-order valence-corrected chi connectivity index (χ4v) is 4.11. The Morgan fingerprint density at radius 1 is 1.29 bits per heavy atom. The number of nitrogens with zero attached hydrogens (tertiary/aromatic N) is 2. The van der Waals surface area contributed by atoms with Gasteiger partial charge in [-0.05, 0) is 26.8 Å². The third kappa shape index (κ3) is 3.90. The largest absolute Gasteiger partial charge is 0.309 e. The minimum absolute atomic E-state index is 0.105. The van der Waals surface area contributed by atoms with Gasteiger partial charge in [-0.1, -0.05) is 27.7 Å². The van der Waals surface area contributed by atoms with E-state index in [4.69, 9.17) is 9.97 Å². The van der Waals surface area contributed by atoms with Crippen LogP contribution in [0.5, 0.6) is 0 Å². The summed E-state index contributed by atoms with van der Waals surface area (Å²) in [7, 11) is 0. The summed E-state index contributed by atoms with van der Waals surface area (Å²) >= 11 is 3.49. The van der Waals surface area contributed by atoms with Gasteiger partial charge in [-0.3, -0.25) is 0 Å². The molecule has 1 atom stereocenters. The first kappa shape index (κ1) is 16.6. The number of hydrogen-bond donors (Lipinski definition) is 1. The molecule has 116 valence electrons. The smallest absolute Gasteiger partial charge is 0.143 e. The van der Waals surface area contributed by atoms with Crippen LogP contribution in [0.4, 0.5) is 0 Å². The fraction of sp³-hybridized carbons (Fsp3) is 0.625. The van der Waals surface area contributed by atoms with Crippen molar-refractivity contribution in [2.45, 2.75) is 59.4 Å². The van der Waals surface area contributed by atoms with Gasteiger partial charge >= 0.3 is 0 Å². The lowest BCUT2D eigenvalue weighted by Crippen LogP contribution is -2.18. The molecule has 1 unspecified atom stereocenters. The Morgan fingerprint density at radius 3 is 2.57 bits per heavy atom. The molecule has 2 aromatic rings. The Labute approximate surface area is 135 Å². The number of nitrogens with one attached hydrogen (secondary N) is 1. The Hall–Kier alpha value is -0.780. The highest BCUT2D eigenvalue weighted by Gasteiger charge is 2.21. The minimum Gasteiger partial charge on any atom is -0.309 e. The zero-order chi connectivity index (χ0) is 15.6. The van der Waals surface area contributed by atoms with Gasteiger partial charge in [-0.25, -0.2) is 9.97 Å². The van der Waals surface area contributed by atoms with E-state index in [0.717, 1.165) is 29.4 Å². The Balaban J connectivity index is 2.24. The van der Waals surface area contributed by atoms with E-state index >= 15 is 0 Å². The van der Waals surface area contributed by atoms with E-state index in [2.05, 4.69) is 52.2 Å². The lowest BCUT2D eigenvalue weighted by atomic mass is 9.98. The summed E-state index contributed by atoms with van der Waals surface area (Å²) in [6.45, 7) is 14.1. The molecule has 2 aromatic heterocycles. The second-order valence-electron chi connectivity index (χ2n) is 6.43. The Morgan fingerprint density at radius 2 is 2.00 bits per heavy atom. The molecule has 0 aromatic carbocycles. The number of aromatic nitrogens is 2. The monoisotopic (exact) mass is 323 g/mol. The predicted octanol–water partition coefficient (Wildman–Crippen LogP) is 4.93. The summed E-state index contributed by atoms with van der Waals surface area (Å²) in [5.41, 5.74) is 2.25. The topological polar surface area (TPSA) is 37.8 Å². The normalized spacial score (nSPS) is 13.6. The van der Waals surface area contributed by atoms with Crippen molar-refractivity contribution < 1.29 is 0 Å². The van der Waals surface area contributed by atoms with Crippen LogP contribution in [0.2, 0.25) is 0 Å². The summed E-state index contributed by atoms with van der Waals surface area (Å²) in [4.78, 5) is 10.8. The zero-order valence-corrected chi connectivity index (χ0v) is 15.4. The molecule has 0 radical (unpaired) electrons. The van der Waals surface area contributed by atoms with E-state index in [-0.39, 0.29) is 5.41 Å². The van der Waals surface area contributed by atoms with E-state index < -0.39 is 0 Å². The molecule has 0 amide bonds.